The Balaban J connectivity index is 1.86. The van der Waals surface area contributed by atoms with Gasteiger partial charge in [-0.1, -0.05) is 18.2 Å². The van der Waals surface area contributed by atoms with Gasteiger partial charge >= 0.3 is 6.18 Å². The van der Waals surface area contributed by atoms with Crippen LogP contribution >= 0.6 is 0 Å². The summed E-state index contributed by atoms with van der Waals surface area (Å²) in [4.78, 5) is 25.0. The maximum absolute atomic E-state index is 14.3. The summed E-state index contributed by atoms with van der Waals surface area (Å²) < 4.78 is 67.3. The van der Waals surface area contributed by atoms with Crippen molar-refractivity contribution in [1.29, 1.82) is 0 Å². The molecule has 0 amide bonds. The summed E-state index contributed by atoms with van der Waals surface area (Å²) in [6, 6.07) is 4.08. The molecule has 2 heterocycles. The summed E-state index contributed by atoms with van der Waals surface area (Å²) in [5, 5.41) is 2.34. The molecule has 0 aliphatic carbocycles. The van der Waals surface area contributed by atoms with Crippen molar-refractivity contribution in [2.45, 2.75) is 25.7 Å². The molecule has 33 heavy (non-hydrogen) atoms. The minimum Gasteiger partial charge on any atom is -0.396 e. The van der Waals surface area contributed by atoms with Crippen LogP contribution in [0.2, 0.25) is 0 Å². The molecule has 12 heteroatoms. The zero-order valence-corrected chi connectivity index (χ0v) is 17.5. The first-order valence-electron chi connectivity index (χ1n) is 9.90. The van der Waals surface area contributed by atoms with Gasteiger partial charge in [0.1, 0.15) is 17.6 Å². The molecule has 0 saturated carbocycles. The van der Waals surface area contributed by atoms with Crippen molar-refractivity contribution < 1.29 is 26.7 Å². The van der Waals surface area contributed by atoms with Gasteiger partial charge in [-0.25, -0.2) is 18.7 Å². The van der Waals surface area contributed by atoms with Crippen LogP contribution in [-0.4, -0.2) is 53.3 Å². The molecule has 1 unspecified atom stereocenters. The molecule has 3 rings (SSSR count). The van der Waals surface area contributed by atoms with Crippen LogP contribution < -0.4 is 16.0 Å². The Morgan fingerprint density at radius 3 is 2.70 bits per heavy atom. The van der Waals surface area contributed by atoms with Gasteiger partial charge in [0.05, 0.1) is 18.4 Å². The Morgan fingerprint density at radius 1 is 1.30 bits per heavy atom. The molecule has 1 fully saturated rings. The molecule has 3 N–H and O–H groups in total. The zero-order chi connectivity index (χ0) is 24.2. The normalized spacial score (nSPS) is 17.9. The van der Waals surface area contributed by atoms with Gasteiger partial charge in [0.25, 0.3) is 0 Å². The van der Waals surface area contributed by atoms with E-state index in [1.165, 1.54) is 25.1 Å². The Hall–Kier alpha value is -3.41. The van der Waals surface area contributed by atoms with Crippen LogP contribution in [0.4, 0.5) is 27.8 Å². The molecular weight excluding hydrogens is 447 g/mol. The number of aliphatic imine (C=N–C) groups is 1. The highest BCUT2D eigenvalue weighted by molar-refractivity contribution is 6.44. The number of anilines is 1. The lowest BCUT2D eigenvalue weighted by atomic mass is 10.2. The summed E-state index contributed by atoms with van der Waals surface area (Å²) in [6.07, 6.45) is -2.54. The predicted octanol–water partition coefficient (Wildman–Crippen LogP) is 2.63. The van der Waals surface area contributed by atoms with Gasteiger partial charge in [-0.2, -0.15) is 13.2 Å². The maximum Gasteiger partial charge on any atom is 0.405 e. The first-order chi connectivity index (χ1) is 15.6. The third-order valence-corrected chi connectivity index (χ3v) is 4.88. The summed E-state index contributed by atoms with van der Waals surface area (Å²) in [7, 11) is 0. The van der Waals surface area contributed by atoms with E-state index in [0.717, 1.165) is 17.2 Å². The minimum atomic E-state index is -4.50. The van der Waals surface area contributed by atoms with Crippen LogP contribution in [0.3, 0.4) is 0 Å². The molecule has 7 nitrogen and oxygen atoms in total. The van der Waals surface area contributed by atoms with E-state index in [9.17, 15) is 26.7 Å². The Kier molecular flexibility index (Phi) is 7.36. The van der Waals surface area contributed by atoms with E-state index >= 15 is 0 Å². The number of piperazine rings is 1. The second-order valence-electron chi connectivity index (χ2n) is 7.31. The maximum atomic E-state index is 14.3. The number of rotatable bonds is 6. The lowest BCUT2D eigenvalue weighted by molar-refractivity contribution is -0.155. The molecule has 1 aliphatic heterocycles. The summed E-state index contributed by atoms with van der Waals surface area (Å²) in [5.41, 5.74) is 5.99. The zero-order valence-electron chi connectivity index (χ0n) is 17.5. The van der Waals surface area contributed by atoms with E-state index in [1.54, 1.807) is 6.07 Å². The highest BCUT2D eigenvalue weighted by Gasteiger charge is 2.42. The minimum absolute atomic E-state index is 0.0224. The van der Waals surface area contributed by atoms with Gasteiger partial charge in [-0.15, -0.1) is 0 Å². The van der Waals surface area contributed by atoms with Gasteiger partial charge < -0.3 is 16.0 Å². The lowest BCUT2D eigenvalue weighted by Gasteiger charge is -2.35. The van der Waals surface area contributed by atoms with Gasteiger partial charge in [0.2, 0.25) is 0 Å². The number of nitrogens with zero attached hydrogens (tertiary/aromatic N) is 4. The van der Waals surface area contributed by atoms with Crippen molar-refractivity contribution >= 4 is 23.0 Å². The number of nitrogens with one attached hydrogen (secondary N) is 1. The van der Waals surface area contributed by atoms with Crippen LogP contribution in [0.15, 0.2) is 41.5 Å². The summed E-state index contributed by atoms with van der Waals surface area (Å²) in [6.45, 7) is 0.639. The number of carbonyl (C=O) groups excluding carboxylic acids is 1. The van der Waals surface area contributed by atoms with Gasteiger partial charge in [-0.05, 0) is 12.1 Å². The number of carbonyl (C=O) groups is 1. The first kappa shape index (κ1) is 24.2. The number of hydrogen-bond acceptors (Lipinski definition) is 7. The Labute approximate surface area is 186 Å². The smallest absolute Gasteiger partial charge is 0.396 e. The number of nitrogens with two attached hydrogens (primary N) is 1. The molecular formula is C21H21F5N6O. The van der Waals surface area contributed by atoms with E-state index < -0.39 is 36.2 Å². The fourth-order valence-electron chi connectivity index (χ4n) is 3.15. The van der Waals surface area contributed by atoms with Crippen LogP contribution in [0, 0.1) is 11.6 Å². The quantitative estimate of drug-likeness (QED) is 0.500. The second kappa shape index (κ2) is 10.0. The topological polar surface area (TPSA) is 96.5 Å². The van der Waals surface area contributed by atoms with Crippen molar-refractivity contribution in [1.82, 2.24) is 15.3 Å². The number of Topliss-reactive ketones (excluding diaryl/α,β-unsaturated/α-hetero) is 1. The highest BCUT2D eigenvalue weighted by Crippen LogP contribution is 2.26. The van der Waals surface area contributed by atoms with Crippen molar-refractivity contribution in [3.05, 3.63) is 59.6 Å². The number of halogens is 5. The first-order valence-corrected chi connectivity index (χ1v) is 9.90. The number of allylic oxidation sites excluding steroid dienone is 1. The largest absolute Gasteiger partial charge is 0.405 e. The summed E-state index contributed by atoms with van der Waals surface area (Å²) in [5.74, 6) is -2.38. The molecule has 1 atom stereocenters. The number of ketones is 1. The SMILES string of the molecule is CC(=O)C(C=C(N)c1ncc(F)c(N2CCNC(C(F)(F)F)C2)n1)=NCc1ccccc1F. The molecule has 0 spiro atoms. The van der Waals surface area contributed by atoms with Crippen LogP contribution in [0.1, 0.15) is 18.3 Å². The third kappa shape index (κ3) is 6.09. The highest BCUT2D eigenvalue weighted by atomic mass is 19.4. The number of alkyl halides is 3. The fraction of sp³-hybridized carbons (Fsp3) is 0.333. The number of hydrogen-bond donors (Lipinski definition) is 2. The van der Waals surface area contributed by atoms with Gasteiger partial charge in [-0.3, -0.25) is 9.79 Å². The number of benzene rings is 1. The average molecular weight is 468 g/mol. The fourth-order valence-corrected chi connectivity index (χ4v) is 3.15. The molecule has 1 saturated heterocycles. The van der Waals surface area contributed by atoms with Crippen molar-refractivity contribution in [2.75, 3.05) is 24.5 Å². The molecule has 0 bridgehead atoms. The van der Waals surface area contributed by atoms with E-state index in [1.807, 2.05) is 0 Å². The van der Waals surface area contributed by atoms with Crippen LogP contribution in [0.5, 0.6) is 0 Å². The molecule has 0 radical (unpaired) electrons. The van der Waals surface area contributed by atoms with Crippen molar-refractivity contribution in [3.8, 4) is 0 Å². The Bertz CT molecular complexity index is 1090. The number of aromatic nitrogens is 2. The predicted molar refractivity (Wildman–Crippen MR) is 112 cm³/mol. The van der Waals surface area contributed by atoms with E-state index in [4.69, 9.17) is 5.73 Å². The van der Waals surface area contributed by atoms with Gasteiger partial charge in [0, 0.05) is 32.1 Å². The average Bonchev–Trinajstić information content (AvgIpc) is 2.77. The third-order valence-electron chi connectivity index (χ3n) is 4.88. The lowest BCUT2D eigenvalue weighted by Crippen LogP contribution is -2.57. The van der Waals surface area contributed by atoms with Crippen LogP contribution in [-0.2, 0) is 11.3 Å². The van der Waals surface area contributed by atoms with Crippen molar-refractivity contribution in [2.24, 2.45) is 10.7 Å². The molecule has 1 aliphatic rings. The molecule has 1 aromatic heterocycles. The Morgan fingerprint density at radius 2 is 2.03 bits per heavy atom. The standard InChI is InChI=1S/C21H21F5N6O/c1-12(33)17(29-9-13-4-2-3-5-14(13)22)8-16(27)19-30-10-15(23)20(31-19)32-7-6-28-18(11-32)21(24,25)26/h2-5,8,10,18,28H,6-7,9,11,27H2,1H3. The van der Waals surface area contributed by atoms with Gasteiger partial charge in [0.15, 0.2) is 23.2 Å². The summed E-state index contributed by atoms with van der Waals surface area (Å²) >= 11 is 0. The molecule has 2 aromatic rings. The van der Waals surface area contributed by atoms with E-state index in [0.29, 0.717) is 0 Å². The molecule has 1 aromatic carbocycles. The van der Waals surface area contributed by atoms with E-state index in [2.05, 4.69) is 20.3 Å². The second-order valence-corrected chi connectivity index (χ2v) is 7.31. The molecule has 176 valence electrons. The van der Waals surface area contributed by atoms with E-state index in [-0.39, 0.29) is 48.2 Å². The monoisotopic (exact) mass is 468 g/mol. The van der Waals surface area contributed by atoms with Crippen molar-refractivity contribution in [3.63, 3.8) is 0 Å². The van der Waals surface area contributed by atoms with Crippen LogP contribution in [0.25, 0.3) is 5.70 Å².